The molecule has 8 heteroatoms. The number of hydrogen-bond donors (Lipinski definition) is 0. The molecule has 0 saturated carbocycles. The van der Waals surface area contributed by atoms with Crippen molar-refractivity contribution in [3.8, 4) is 11.5 Å². The van der Waals surface area contributed by atoms with E-state index in [0.717, 1.165) is 6.42 Å². The smallest absolute Gasteiger partial charge is 0.338 e. The van der Waals surface area contributed by atoms with Crippen molar-refractivity contribution in [2.24, 2.45) is 5.92 Å². The Bertz CT molecular complexity index is 1020. The number of aromatic nitrogens is 2. The summed E-state index contributed by atoms with van der Waals surface area (Å²) in [6, 6.07) is 6.26. The van der Waals surface area contributed by atoms with E-state index in [9.17, 15) is 9.59 Å². The normalized spacial score (nSPS) is 11.0. The lowest BCUT2D eigenvalue weighted by atomic mass is 10.1. The quantitative estimate of drug-likeness (QED) is 0.536. The van der Waals surface area contributed by atoms with Crippen LogP contribution in [0.25, 0.3) is 4.96 Å². The number of ether oxygens (including phenoxy) is 3. The van der Waals surface area contributed by atoms with Crippen LogP contribution in [0, 0.1) is 5.92 Å². The van der Waals surface area contributed by atoms with Crippen LogP contribution in [0.5, 0.6) is 11.5 Å². The molecule has 3 aromatic rings. The molecule has 2 aromatic heterocycles. The number of thiazole rings is 1. The predicted molar refractivity (Wildman–Crippen MR) is 106 cm³/mol. The summed E-state index contributed by atoms with van der Waals surface area (Å²) >= 11 is 1.34. The van der Waals surface area contributed by atoms with Gasteiger partial charge in [-0.3, -0.25) is 9.20 Å². The van der Waals surface area contributed by atoms with Crippen molar-refractivity contribution in [3.05, 3.63) is 57.5 Å². The summed E-state index contributed by atoms with van der Waals surface area (Å²) in [6.45, 7) is 4.74. The molecule has 0 radical (unpaired) electrons. The molecule has 0 atom stereocenters. The third-order valence-corrected chi connectivity index (χ3v) is 4.82. The van der Waals surface area contributed by atoms with Gasteiger partial charge in [0.2, 0.25) is 0 Å². The molecular formula is C20H22N2O5S. The Morgan fingerprint density at radius 3 is 2.82 bits per heavy atom. The molecule has 0 N–H and O–H groups in total. The molecule has 0 unspecified atom stereocenters. The van der Waals surface area contributed by atoms with Gasteiger partial charge in [-0.15, -0.1) is 11.3 Å². The monoisotopic (exact) mass is 402 g/mol. The highest BCUT2D eigenvalue weighted by Gasteiger charge is 2.14. The molecule has 0 amide bonds. The number of esters is 1. The fourth-order valence-corrected chi connectivity index (χ4v) is 3.24. The molecule has 0 spiro atoms. The van der Waals surface area contributed by atoms with Crippen LogP contribution in [-0.4, -0.2) is 29.1 Å². The third-order valence-electron chi connectivity index (χ3n) is 4.06. The first-order chi connectivity index (χ1) is 13.5. The van der Waals surface area contributed by atoms with Gasteiger partial charge < -0.3 is 14.2 Å². The highest BCUT2D eigenvalue weighted by atomic mass is 32.1. The third kappa shape index (κ3) is 4.69. The zero-order valence-corrected chi connectivity index (χ0v) is 16.8. The Kier molecular flexibility index (Phi) is 6.30. The number of rotatable bonds is 8. The van der Waals surface area contributed by atoms with Crippen LogP contribution in [0.15, 0.2) is 40.6 Å². The van der Waals surface area contributed by atoms with Crippen molar-refractivity contribution in [2.45, 2.75) is 26.9 Å². The number of nitrogens with zero attached hydrogens (tertiary/aromatic N) is 2. The minimum absolute atomic E-state index is 0.0859. The van der Waals surface area contributed by atoms with Crippen molar-refractivity contribution < 1.29 is 19.0 Å². The molecular weight excluding hydrogens is 380 g/mol. The average Bonchev–Trinajstić information content (AvgIpc) is 3.15. The summed E-state index contributed by atoms with van der Waals surface area (Å²) in [4.78, 5) is 29.2. The van der Waals surface area contributed by atoms with Crippen LogP contribution in [0.4, 0.5) is 0 Å². The number of carbonyl (C=O) groups excluding carboxylic acids is 1. The fourth-order valence-electron chi connectivity index (χ4n) is 2.50. The highest BCUT2D eigenvalue weighted by molar-refractivity contribution is 7.15. The second-order valence-electron chi connectivity index (χ2n) is 6.61. The van der Waals surface area contributed by atoms with E-state index < -0.39 is 5.97 Å². The largest absolute Gasteiger partial charge is 0.493 e. The van der Waals surface area contributed by atoms with E-state index >= 15 is 0 Å². The Balaban J connectivity index is 1.66. The van der Waals surface area contributed by atoms with E-state index in [1.807, 2.05) is 0 Å². The summed E-state index contributed by atoms with van der Waals surface area (Å²) in [7, 11) is 1.52. The standard InChI is InChI=1S/C20H22N2O5S/c1-13(2)6-8-26-16-5-4-14(10-17(16)25-3)19(24)27-12-15-11-18(23)22-7-9-28-20(22)21-15/h4-5,7,9-11,13H,6,8,12H2,1-3H3. The molecule has 0 aliphatic rings. The van der Waals surface area contributed by atoms with Gasteiger partial charge in [-0.25, -0.2) is 9.78 Å². The number of fused-ring (bicyclic) bond motifs is 1. The Morgan fingerprint density at radius 1 is 1.25 bits per heavy atom. The summed E-state index contributed by atoms with van der Waals surface area (Å²) in [6.07, 6.45) is 2.58. The number of carbonyl (C=O) groups is 1. The molecule has 0 saturated heterocycles. The first-order valence-electron chi connectivity index (χ1n) is 8.91. The van der Waals surface area contributed by atoms with Crippen molar-refractivity contribution in [3.63, 3.8) is 0 Å². The molecule has 2 heterocycles. The summed E-state index contributed by atoms with van der Waals surface area (Å²) in [5.41, 5.74) is 0.533. The van der Waals surface area contributed by atoms with Crippen molar-refractivity contribution in [1.29, 1.82) is 0 Å². The van der Waals surface area contributed by atoms with Crippen molar-refractivity contribution in [1.82, 2.24) is 9.38 Å². The molecule has 148 valence electrons. The Labute approximate surface area is 166 Å². The van der Waals surface area contributed by atoms with Crippen LogP contribution >= 0.6 is 11.3 Å². The Morgan fingerprint density at radius 2 is 2.07 bits per heavy atom. The van der Waals surface area contributed by atoms with Crippen LogP contribution in [-0.2, 0) is 11.3 Å². The minimum atomic E-state index is -0.528. The first kappa shape index (κ1) is 19.9. The molecule has 28 heavy (non-hydrogen) atoms. The molecule has 0 aliphatic carbocycles. The lowest BCUT2D eigenvalue weighted by molar-refractivity contribution is 0.0467. The minimum Gasteiger partial charge on any atom is -0.493 e. The van der Waals surface area contributed by atoms with Gasteiger partial charge >= 0.3 is 5.97 Å². The molecule has 0 bridgehead atoms. The summed E-state index contributed by atoms with van der Waals surface area (Å²) in [5, 5.41) is 1.77. The first-order valence-corrected chi connectivity index (χ1v) is 9.79. The number of benzene rings is 1. The highest BCUT2D eigenvalue weighted by Crippen LogP contribution is 2.28. The van der Waals surface area contributed by atoms with E-state index in [1.54, 1.807) is 29.8 Å². The maximum absolute atomic E-state index is 12.4. The predicted octanol–water partition coefficient (Wildman–Crippen LogP) is 3.55. The van der Waals surface area contributed by atoms with Crippen molar-refractivity contribution >= 4 is 22.3 Å². The van der Waals surface area contributed by atoms with Crippen molar-refractivity contribution in [2.75, 3.05) is 13.7 Å². The second-order valence-corrected chi connectivity index (χ2v) is 7.49. The van der Waals surface area contributed by atoms with Gasteiger partial charge in [0.25, 0.3) is 5.56 Å². The van der Waals surface area contributed by atoms with E-state index in [2.05, 4.69) is 18.8 Å². The molecule has 7 nitrogen and oxygen atoms in total. The van der Waals surface area contributed by atoms with E-state index in [4.69, 9.17) is 14.2 Å². The van der Waals surface area contributed by atoms with Gasteiger partial charge in [-0.2, -0.15) is 0 Å². The lowest BCUT2D eigenvalue weighted by Gasteiger charge is -2.13. The zero-order chi connectivity index (χ0) is 20.1. The fraction of sp³-hybridized carbons (Fsp3) is 0.350. The van der Waals surface area contributed by atoms with E-state index in [1.165, 1.54) is 28.9 Å². The number of hydrogen-bond acceptors (Lipinski definition) is 7. The SMILES string of the molecule is COc1cc(C(=O)OCc2cc(=O)n3ccsc3n2)ccc1OCCC(C)C. The second kappa shape index (κ2) is 8.88. The van der Waals surface area contributed by atoms with Gasteiger partial charge in [-0.1, -0.05) is 13.8 Å². The van der Waals surface area contributed by atoms with E-state index in [-0.39, 0.29) is 12.2 Å². The maximum atomic E-state index is 12.4. The van der Waals surface area contributed by atoms with Crippen LogP contribution in [0.1, 0.15) is 36.3 Å². The van der Waals surface area contributed by atoms with Gasteiger partial charge in [0.15, 0.2) is 16.5 Å². The van der Waals surface area contributed by atoms with Gasteiger partial charge in [0, 0.05) is 17.6 Å². The summed E-state index contributed by atoms with van der Waals surface area (Å²) in [5.74, 6) is 1.06. The zero-order valence-electron chi connectivity index (χ0n) is 16.0. The van der Waals surface area contributed by atoms with Gasteiger partial charge in [-0.05, 0) is 30.5 Å². The molecule has 0 aliphatic heterocycles. The lowest BCUT2D eigenvalue weighted by Crippen LogP contribution is -2.14. The maximum Gasteiger partial charge on any atom is 0.338 e. The average molecular weight is 402 g/mol. The molecule has 1 aromatic carbocycles. The molecule has 3 rings (SSSR count). The number of methoxy groups -OCH3 is 1. The Hall–Kier alpha value is -2.87. The van der Waals surface area contributed by atoms with Gasteiger partial charge in [0.05, 0.1) is 25.0 Å². The summed E-state index contributed by atoms with van der Waals surface area (Å²) < 4.78 is 17.8. The molecule has 0 fully saturated rings. The topological polar surface area (TPSA) is 79.1 Å². The van der Waals surface area contributed by atoms with E-state index in [0.29, 0.717) is 40.2 Å². The van der Waals surface area contributed by atoms with Crippen LogP contribution < -0.4 is 15.0 Å². The van der Waals surface area contributed by atoms with Crippen LogP contribution in [0.2, 0.25) is 0 Å². The van der Waals surface area contributed by atoms with Crippen LogP contribution in [0.3, 0.4) is 0 Å². The van der Waals surface area contributed by atoms with Gasteiger partial charge in [0.1, 0.15) is 6.61 Å².